The highest BCUT2D eigenvalue weighted by molar-refractivity contribution is 7.89. The van der Waals surface area contributed by atoms with Crippen LogP contribution in [0.2, 0.25) is 15.1 Å². The van der Waals surface area contributed by atoms with Gasteiger partial charge in [0.1, 0.15) is 4.90 Å². The summed E-state index contributed by atoms with van der Waals surface area (Å²) in [5, 5.41) is 6.85. The third-order valence-electron chi connectivity index (χ3n) is 2.39. The number of nitrogens with two attached hydrogens (primary N) is 1. The first kappa shape index (κ1) is 18.5. The molecule has 3 N–H and O–H groups in total. The first-order chi connectivity index (χ1) is 9.70. The minimum Gasteiger partial charge on any atom is -0.380 e. The SMILES string of the molecule is CCOCCNC(=O)c1c(Cl)c(Cl)cc(S(N)(=O)=O)c1Cl. The zero-order valence-corrected chi connectivity index (χ0v) is 14.0. The summed E-state index contributed by atoms with van der Waals surface area (Å²) in [6.07, 6.45) is 0. The number of nitrogens with one attached hydrogen (secondary N) is 1. The van der Waals surface area contributed by atoms with Crippen molar-refractivity contribution < 1.29 is 17.9 Å². The topological polar surface area (TPSA) is 98.5 Å². The molecule has 0 aliphatic carbocycles. The number of carbonyl (C=O) groups is 1. The molecule has 1 amide bonds. The van der Waals surface area contributed by atoms with Crippen LogP contribution in [0.25, 0.3) is 0 Å². The summed E-state index contributed by atoms with van der Waals surface area (Å²) < 4.78 is 27.9. The first-order valence-corrected chi connectivity index (χ1v) is 8.44. The maximum Gasteiger partial charge on any atom is 0.254 e. The van der Waals surface area contributed by atoms with Crippen LogP contribution >= 0.6 is 34.8 Å². The molecule has 0 aliphatic rings. The lowest BCUT2D eigenvalue weighted by Gasteiger charge is -2.12. The molecule has 0 fully saturated rings. The van der Waals surface area contributed by atoms with Gasteiger partial charge in [-0.1, -0.05) is 34.8 Å². The molecule has 6 nitrogen and oxygen atoms in total. The van der Waals surface area contributed by atoms with Crippen LogP contribution in [0.15, 0.2) is 11.0 Å². The van der Waals surface area contributed by atoms with Crippen LogP contribution in [-0.2, 0) is 14.8 Å². The summed E-state index contributed by atoms with van der Waals surface area (Å²) in [6.45, 7) is 2.81. The maximum atomic E-state index is 12.1. The van der Waals surface area contributed by atoms with Crippen LogP contribution in [0.1, 0.15) is 17.3 Å². The third kappa shape index (κ3) is 4.70. The Morgan fingerprint density at radius 2 is 1.95 bits per heavy atom. The molecule has 0 atom stereocenters. The highest BCUT2D eigenvalue weighted by atomic mass is 35.5. The average molecular weight is 376 g/mol. The van der Waals surface area contributed by atoms with Crippen molar-refractivity contribution >= 4 is 50.7 Å². The monoisotopic (exact) mass is 374 g/mol. The van der Waals surface area contributed by atoms with E-state index in [0.717, 1.165) is 6.07 Å². The second-order valence-electron chi connectivity index (χ2n) is 3.86. The number of hydrogen-bond donors (Lipinski definition) is 2. The minimum absolute atomic E-state index is 0.139. The maximum absolute atomic E-state index is 12.1. The van der Waals surface area contributed by atoms with Crippen molar-refractivity contribution in [1.29, 1.82) is 0 Å². The summed E-state index contributed by atoms with van der Waals surface area (Å²) in [6, 6.07) is 0.999. The van der Waals surface area contributed by atoms with Crippen LogP contribution in [0.3, 0.4) is 0 Å². The van der Waals surface area contributed by atoms with E-state index >= 15 is 0 Å². The Kier molecular flexibility index (Phi) is 6.71. The number of carbonyl (C=O) groups excluding carboxylic acids is 1. The number of ether oxygens (including phenoxy) is 1. The average Bonchev–Trinajstić information content (AvgIpc) is 2.38. The number of benzene rings is 1. The van der Waals surface area contributed by atoms with Crippen molar-refractivity contribution in [2.45, 2.75) is 11.8 Å². The Bertz CT molecular complexity index is 649. The fourth-order valence-electron chi connectivity index (χ4n) is 1.46. The van der Waals surface area contributed by atoms with E-state index in [0.29, 0.717) is 13.2 Å². The molecule has 0 saturated carbocycles. The van der Waals surface area contributed by atoms with E-state index in [2.05, 4.69) is 5.32 Å². The van der Waals surface area contributed by atoms with Crippen LogP contribution in [0.5, 0.6) is 0 Å². The molecule has 1 aromatic carbocycles. The fourth-order valence-corrected chi connectivity index (χ4v) is 3.20. The summed E-state index contributed by atoms with van der Waals surface area (Å²) in [5.74, 6) is -0.669. The molecule has 0 aliphatic heterocycles. The van der Waals surface area contributed by atoms with E-state index in [1.54, 1.807) is 0 Å². The van der Waals surface area contributed by atoms with Crippen LogP contribution < -0.4 is 10.5 Å². The molecule has 0 aromatic heterocycles. The fraction of sp³-hybridized carbons (Fsp3) is 0.364. The lowest BCUT2D eigenvalue weighted by Crippen LogP contribution is -2.28. The van der Waals surface area contributed by atoms with Crippen LogP contribution in [0, 0.1) is 0 Å². The molecule has 0 unspecified atom stereocenters. The highest BCUT2D eigenvalue weighted by Crippen LogP contribution is 2.36. The lowest BCUT2D eigenvalue weighted by atomic mass is 10.2. The Labute approximate surface area is 137 Å². The van der Waals surface area contributed by atoms with Gasteiger partial charge in [-0.2, -0.15) is 0 Å². The predicted octanol–water partition coefficient (Wildman–Crippen LogP) is 2.06. The summed E-state index contributed by atoms with van der Waals surface area (Å²) in [4.78, 5) is 11.6. The second-order valence-corrected chi connectivity index (χ2v) is 6.55. The molecule has 1 rings (SSSR count). The van der Waals surface area contributed by atoms with Crippen molar-refractivity contribution in [1.82, 2.24) is 5.32 Å². The van der Waals surface area contributed by atoms with E-state index in [1.807, 2.05) is 6.92 Å². The van der Waals surface area contributed by atoms with Crippen LogP contribution in [0.4, 0.5) is 0 Å². The van der Waals surface area contributed by atoms with Gasteiger partial charge in [0.15, 0.2) is 0 Å². The standard InChI is InChI=1S/C11H13Cl3N2O4S/c1-2-20-4-3-16-11(17)8-9(13)6(12)5-7(10(8)14)21(15,18)19/h5H,2-4H2,1H3,(H,16,17)(H2,15,18,19). The zero-order valence-electron chi connectivity index (χ0n) is 11.0. The van der Waals surface area contributed by atoms with Gasteiger partial charge < -0.3 is 10.1 Å². The highest BCUT2D eigenvalue weighted by Gasteiger charge is 2.25. The van der Waals surface area contributed by atoms with Gasteiger partial charge in [0, 0.05) is 13.2 Å². The third-order valence-corrected chi connectivity index (χ3v) is 4.62. The smallest absolute Gasteiger partial charge is 0.254 e. The van der Waals surface area contributed by atoms with E-state index in [-0.39, 0.29) is 27.2 Å². The molecule has 10 heteroatoms. The van der Waals surface area contributed by atoms with Crippen molar-refractivity contribution in [3.05, 3.63) is 26.7 Å². The van der Waals surface area contributed by atoms with E-state index < -0.39 is 20.8 Å². The van der Waals surface area contributed by atoms with Gasteiger partial charge in [-0.15, -0.1) is 0 Å². The van der Waals surface area contributed by atoms with E-state index in [4.69, 9.17) is 44.7 Å². The molecule has 0 spiro atoms. The minimum atomic E-state index is -4.14. The number of amides is 1. The number of halogens is 3. The molecule has 0 radical (unpaired) electrons. The molecule has 0 saturated heterocycles. The summed E-state index contributed by atoms with van der Waals surface area (Å²) in [5.41, 5.74) is -0.244. The van der Waals surface area contributed by atoms with Crippen molar-refractivity contribution in [2.24, 2.45) is 5.14 Å². The number of hydrogen-bond acceptors (Lipinski definition) is 4. The Hall–Kier alpha value is -0.570. The van der Waals surface area contributed by atoms with Gasteiger partial charge in [0.05, 0.1) is 27.2 Å². The second kappa shape index (κ2) is 7.62. The van der Waals surface area contributed by atoms with Gasteiger partial charge in [-0.25, -0.2) is 13.6 Å². The molecule has 118 valence electrons. The lowest BCUT2D eigenvalue weighted by molar-refractivity contribution is 0.0922. The predicted molar refractivity (Wildman–Crippen MR) is 81.7 cm³/mol. The van der Waals surface area contributed by atoms with Crippen molar-refractivity contribution in [3.8, 4) is 0 Å². The van der Waals surface area contributed by atoms with E-state index in [9.17, 15) is 13.2 Å². The normalized spacial score (nSPS) is 11.5. The van der Waals surface area contributed by atoms with Crippen molar-refractivity contribution in [3.63, 3.8) is 0 Å². The summed E-state index contributed by atoms with van der Waals surface area (Å²) >= 11 is 17.6. The number of primary sulfonamides is 1. The van der Waals surface area contributed by atoms with Gasteiger partial charge >= 0.3 is 0 Å². The zero-order chi connectivity index (χ0) is 16.2. The molecular formula is C11H13Cl3N2O4S. The molecule has 0 heterocycles. The summed E-state index contributed by atoms with van der Waals surface area (Å²) in [7, 11) is -4.14. The first-order valence-electron chi connectivity index (χ1n) is 5.76. The van der Waals surface area contributed by atoms with Crippen LogP contribution in [-0.4, -0.2) is 34.1 Å². The van der Waals surface area contributed by atoms with Crippen molar-refractivity contribution in [2.75, 3.05) is 19.8 Å². The van der Waals surface area contributed by atoms with Gasteiger partial charge in [0.2, 0.25) is 10.0 Å². The Morgan fingerprint density at radius 1 is 1.33 bits per heavy atom. The number of sulfonamides is 1. The molecule has 0 bridgehead atoms. The molecule has 1 aromatic rings. The van der Waals surface area contributed by atoms with Gasteiger partial charge in [-0.05, 0) is 13.0 Å². The Balaban J connectivity index is 3.17. The Morgan fingerprint density at radius 3 is 2.48 bits per heavy atom. The molecular weight excluding hydrogens is 363 g/mol. The van der Waals surface area contributed by atoms with E-state index in [1.165, 1.54) is 0 Å². The van der Waals surface area contributed by atoms with Gasteiger partial charge in [-0.3, -0.25) is 4.79 Å². The van der Waals surface area contributed by atoms with Gasteiger partial charge in [0.25, 0.3) is 5.91 Å². The number of rotatable bonds is 6. The largest absolute Gasteiger partial charge is 0.380 e. The molecule has 21 heavy (non-hydrogen) atoms. The quantitative estimate of drug-likeness (QED) is 0.587.